The van der Waals surface area contributed by atoms with Crippen molar-refractivity contribution in [2.45, 2.75) is 42.9 Å². The molecule has 0 N–H and O–H groups in total. The lowest BCUT2D eigenvalue weighted by molar-refractivity contribution is -0.150. The van der Waals surface area contributed by atoms with Gasteiger partial charge in [-0.1, -0.05) is 18.5 Å². The molecule has 21 heavy (non-hydrogen) atoms. The Bertz CT molecular complexity index is 466. The lowest BCUT2D eigenvalue weighted by Gasteiger charge is -2.31. The Labute approximate surface area is 136 Å². The van der Waals surface area contributed by atoms with Crippen molar-refractivity contribution < 1.29 is 9.53 Å². The fourth-order valence-corrected chi connectivity index (χ4v) is 3.40. The van der Waals surface area contributed by atoms with Crippen LogP contribution in [0.15, 0.2) is 29.2 Å². The third-order valence-electron chi connectivity index (χ3n) is 3.65. The molecule has 116 valence electrons. The number of carbonyl (C=O) groups excluding carboxylic acids is 1. The number of carbonyl (C=O) groups is 1. The molecule has 0 aliphatic carbocycles. The van der Waals surface area contributed by atoms with Gasteiger partial charge in [-0.3, -0.25) is 9.69 Å². The van der Waals surface area contributed by atoms with E-state index in [1.807, 2.05) is 31.2 Å². The number of likely N-dealkylation sites (N-methyl/N-ethyl adjacent to an activating group) is 1. The van der Waals surface area contributed by atoms with Crippen LogP contribution in [0.2, 0.25) is 5.02 Å². The molecule has 2 unspecified atom stereocenters. The molecule has 1 saturated heterocycles. The molecule has 1 aliphatic rings. The van der Waals surface area contributed by atoms with Gasteiger partial charge in [0.1, 0.15) is 11.4 Å². The Morgan fingerprint density at radius 3 is 2.86 bits per heavy atom. The highest BCUT2D eigenvalue weighted by atomic mass is 35.5. The summed E-state index contributed by atoms with van der Waals surface area (Å²) in [6.45, 7) is 7.02. The molecular formula is C16H22ClNO2S. The van der Waals surface area contributed by atoms with Crippen LogP contribution in [-0.2, 0) is 9.53 Å². The quantitative estimate of drug-likeness (QED) is 0.607. The van der Waals surface area contributed by atoms with Gasteiger partial charge >= 0.3 is 5.97 Å². The van der Waals surface area contributed by atoms with E-state index < -0.39 is 0 Å². The van der Waals surface area contributed by atoms with Crippen molar-refractivity contribution in [3.63, 3.8) is 0 Å². The van der Waals surface area contributed by atoms with Crippen LogP contribution in [0.3, 0.4) is 0 Å². The Balaban J connectivity index is 1.83. The number of hydrogen-bond donors (Lipinski definition) is 0. The SMILES string of the molecule is CCN1CCCC(OC(=O)C(C)Sc2ccc(Cl)cc2)C1. The molecular weight excluding hydrogens is 306 g/mol. The number of rotatable bonds is 5. The summed E-state index contributed by atoms with van der Waals surface area (Å²) in [6, 6.07) is 7.52. The van der Waals surface area contributed by atoms with Gasteiger partial charge in [0, 0.05) is 16.5 Å². The molecule has 0 radical (unpaired) electrons. The first kappa shape index (κ1) is 16.7. The molecule has 5 heteroatoms. The van der Waals surface area contributed by atoms with Crippen molar-refractivity contribution in [2.24, 2.45) is 0 Å². The Morgan fingerprint density at radius 1 is 1.48 bits per heavy atom. The fourth-order valence-electron chi connectivity index (χ4n) is 2.42. The number of nitrogens with zero attached hydrogens (tertiary/aromatic N) is 1. The minimum atomic E-state index is -0.205. The maximum Gasteiger partial charge on any atom is 0.319 e. The van der Waals surface area contributed by atoms with Gasteiger partial charge in [0.05, 0.1) is 0 Å². The first-order valence-electron chi connectivity index (χ1n) is 7.43. The van der Waals surface area contributed by atoms with Crippen molar-refractivity contribution >= 4 is 29.3 Å². The molecule has 1 aromatic rings. The number of benzene rings is 1. The largest absolute Gasteiger partial charge is 0.460 e. The number of piperidine rings is 1. The van der Waals surface area contributed by atoms with Gasteiger partial charge < -0.3 is 4.74 Å². The molecule has 2 rings (SSSR count). The van der Waals surface area contributed by atoms with Crippen LogP contribution in [0.4, 0.5) is 0 Å². The van der Waals surface area contributed by atoms with Crippen LogP contribution in [-0.4, -0.2) is 41.9 Å². The third kappa shape index (κ3) is 5.20. The standard InChI is InChI=1S/C16H22ClNO2S/c1-3-18-10-4-5-14(11-18)20-16(19)12(2)21-15-8-6-13(17)7-9-15/h6-9,12,14H,3-5,10-11H2,1-2H3. The van der Waals surface area contributed by atoms with Crippen LogP contribution in [0.1, 0.15) is 26.7 Å². The molecule has 2 atom stereocenters. The zero-order chi connectivity index (χ0) is 15.2. The normalized spacial score (nSPS) is 21.0. The third-order valence-corrected chi connectivity index (χ3v) is 4.99. The van der Waals surface area contributed by atoms with Gasteiger partial charge in [-0.2, -0.15) is 0 Å². The van der Waals surface area contributed by atoms with Gasteiger partial charge in [0.25, 0.3) is 0 Å². The second-order valence-electron chi connectivity index (χ2n) is 5.31. The van der Waals surface area contributed by atoms with Gasteiger partial charge in [-0.25, -0.2) is 0 Å². The number of halogens is 1. The lowest BCUT2D eigenvalue weighted by atomic mass is 10.1. The summed E-state index contributed by atoms with van der Waals surface area (Å²) in [5.41, 5.74) is 0. The van der Waals surface area contributed by atoms with E-state index in [4.69, 9.17) is 16.3 Å². The van der Waals surface area contributed by atoms with E-state index in [0.717, 1.165) is 37.4 Å². The Hall–Kier alpha value is -0.710. The summed E-state index contributed by atoms with van der Waals surface area (Å²) in [5, 5.41) is 0.500. The van der Waals surface area contributed by atoms with Crippen molar-refractivity contribution in [1.82, 2.24) is 4.90 Å². The molecule has 0 aromatic heterocycles. The van der Waals surface area contributed by atoms with E-state index in [1.54, 1.807) is 0 Å². The van der Waals surface area contributed by atoms with E-state index in [-0.39, 0.29) is 17.3 Å². The molecule has 0 saturated carbocycles. The van der Waals surface area contributed by atoms with E-state index in [1.165, 1.54) is 11.8 Å². The van der Waals surface area contributed by atoms with Crippen LogP contribution in [0.5, 0.6) is 0 Å². The predicted octanol–water partition coefficient (Wildman–Crippen LogP) is 3.85. The highest BCUT2D eigenvalue weighted by Crippen LogP contribution is 2.26. The average molecular weight is 328 g/mol. The number of likely N-dealkylation sites (tertiary alicyclic amines) is 1. The van der Waals surface area contributed by atoms with E-state index in [0.29, 0.717) is 5.02 Å². The molecule has 0 amide bonds. The van der Waals surface area contributed by atoms with Crippen molar-refractivity contribution in [1.29, 1.82) is 0 Å². The second-order valence-corrected chi connectivity index (χ2v) is 7.16. The fraction of sp³-hybridized carbons (Fsp3) is 0.562. The minimum Gasteiger partial charge on any atom is -0.460 e. The molecule has 1 fully saturated rings. The van der Waals surface area contributed by atoms with Crippen molar-refractivity contribution in [2.75, 3.05) is 19.6 Å². The van der Waals surface area contributed by atoms with Gasteiger partial charge in [0.2, 0.25) is 0 Å². The maximum absolute atomic E-state index is 12.2. The zero-order valence-electron chi connectivity index (χ0n) is 12.5. The summed E-state index contributed by atoms with van der Waals surface area (Å²) in [7, 11) is 0. The summed E-state index contributed by atoms with van der Waals surface area (Å²) in [4.78, 5) is 15.6. The topological polar surface area (TPSA) is 29.5 Å². The summed E-state index contributed by atoms with van der Waals surface area (Å²) >= 11 is 7.37. The molecule has 3 nitrogen and oxygen atoms in total. The highest BCUT2D eigenvalue weighted by Gasteiger charge is 2.25. The van der Waals surface area contributed by atoms with E-state index in [2.05, 4.69) is 11.8 Å². The van der Waals surface area contributed by atoms with Gasteiger partial charge in [-0.05, 0) is 57.1 Å². The molecule has 0 spiro atoms. The first-order valence-corrected chi connectivity index (χ1v) is 8.69. The Morgan fingerprint density at radius 2 is 2.19 bits per heavy atom. The van der Waals surface area contributed by atoms with Crippen LogP contribution in [0, 0.1) is 0 Å². The smallest absolute Gasteiger partial charge is 0.319 e. The lowest BCUT2D eigenvalue weighted by Crippen LogP contribution is -2.41. The van der Waals surface area contributed by atoms with Gasteiger partial charge in [-0.15, -0.1) is 11.8 Å². The highest BCUT2D eigenvalue weighted by molar-refractivity contribution is 8.00. The number of thioether (sulfide) groups is 1. The van der Waals surface area contributed by atoms with E-state index >= 15 is 0 Å². The Kier molecular flexibility index (Phi) is 6.40. The predicted molar refractivity (Wildman–Crippen MR) is 88.0 cm³/mol. The van der Waals surface area contributed by atoms with Crippen LogP contribution < -0.4 is 0 Å². The maximum atomic E-state index is 12.2. The second kappa shape index (κ2) is 8.06. The first-order chi connectivity index (χ1) is 10.1. The molecule has 1 aromatic carbocycles. The minimum absolute atomic E-state index is 0.0412. The van der Waals surface area contributed by atoms with E-state index in [9.17, 15) is 4.79 Å². The number of hydrogen-bond acceptors (Lipinski definition) is 4. The van der Waals surface area contributed by atoms with Gasteiger partial charge in [0.15, 0.2) is 0 Å². The summed E-state index contributed by atoms with van der Waals surface area (Å²) in [6.07, 6.45) is 2.12. The molecule has 1 aliphatic heterocycles. The van der Waals surface area contributed by atoms with Crippen LogP contribution in [0.25, 0.3) is 0 Å². The van der Waals surface area contributed by atoms with Crippen LogP contribution >= 0.6 is 23.4 Å². The molecule has 0 bridgehead atoms. The van der Waals surface area contributed by atoms with Crippen molar-refractivity contribution in [3.05, 3.63) is 29.3 Å². The zero-order valence-corrected chi connectivity index (χ0v) is 14.1. The molecule has 1 heterocycles. The summed E-state index contributed by atoms with van der Waals surface area (Å²) < 4.78 is 5.65. The number of ether oxygens (including phenoxy) is 1. The average Bonchev–Trinajstić information content (AvgIpc) is 2.49. The summed E-state index contributed by atoms with van der Waals surface area (Å²) in [5.74, 6) is -0.127. The number of esters is 1. The monoisotopic (exact) mass is 327 g/mol. The van der Waals surface area contributed by atoms with Crippen molar-refractivity contribution in [3.8, 4) is 0 Å².